The molecule has 16 heavy (non-hydrogen) atoms. The lowest BCUT2D eigenvalue weighted by Crippen LogP contribution is -2.22. The molecule has 0 amide bonds. The van der Waals surface area contributed by atoms with Crippen molar-refractivity contribution in [1.82, 2.24) is 19.7 Å². The molecule has 0 fully saturated rings. The first-order valence-corrected chi connectivity index (χ1v) is 5.72. The van der Waals surface area contributed by atoms with Gasteiger partial charge in [-0.15, -0.1) is 0 Å². The third-order valence-electron chi connectivity index (χ3n) is 2.46. The van der Waals surface area contributed by atoms with Crippen molar-refractivity contribution in [2.45, 2.75) is 38.8 Å². The van der Waals surface area contributed by atoms with Crippen LogP contribution in [-0.4, -0.2) is 51.5 Å². The maximum absolute atomic E-state index is 9.87. The summed E-state index contributed by atoms with van der Waals surface area (Å²) in [5.41, 5.74) is 0. The second-order valence-corrected chi connectivity index (χ2v) is 4.66. The Kier molecular flexibility index (Phi) is 4.89. The third-order valence-corrected chi connectivity index (χ3v) is 2.46. The summed E-state index contributed by atoms with van der Waals surface area (Å²) in [5, 5.41) is 14.0. The van der Waals surface area contributed by atoms with E-state index >= 15 is 0 Å². The van der Waals surface area contributed by atoms with E-state index in [1.54, 1.807) is 6.33 Å². The lowest BCUT2D eigenvalue weighted by molar-refractivity contribution is 0.148. The fourth-order valence-electron chi connectivity index (χ4n) is 1.57. The minimum atomic E-state index is -0.343. The fourth-order valence-corrected chi connectivity index (χ4v) is 1.57. The highest BCUT2D eigenvalue weighted by molar-refractivity contribution is 4.89. The monoisotopic (exact) mass is 226 g/mol. The summed E-state index contributed by atoms with van der Waals surface area (Å²) in [4.78, 5) is 6.25. The van der Waals surface area contributed by atoms with Gasteiger partial charge >= 0.3 is 0 Å². The number of aliphatic hydroxyl groups excluding tert-OH is 1. The number of aliphatic hydroxyl groups is 1. The van der Waals surface area contributed by atoms with Crippen LogP contribution in [0.3, 0.4) is 0 Å². The molecule has 0 radical (unpaired) electrons. The SMILES string of the molecule is CC(C)n1ncnc1CC(O)CCN(C)C. The van der Waals surface area contributed by atoms with Crippen LogP contribution in [0.4, 0.5) is 0 Å². The number of aromatic nitrogens is 3. The molecule has 0 aliphatic carbocycles. The summed E-state index contributed by atoms with van der Waals surface area (Å²) in [7, 11) is 4.01. The average molecular weight is 226 g/mol. The van der Waals surface area contributed by atoms with Crippen molar-refractivity contribution in [3.8, 4) is 0 Å². The van der Waals surface area contributed by atoms with Crippen LogP contribution in [0, 0.1) is 0 Å². The molecule has 0 aromatic carbocycles. The molecule has 0 bridgehead atoms. The van der Waals surface area contributed by atoms with Crippen LogP contribution in [0.1, 0.15) is 32.1 Å². The predicted octanol–water partition coefficient (Wildman–Crippen LogP) is 0.714. The molecule has 0 saturated carbocycles. The normalized spacial score (nSPS) is 13.7. The van der Waals surface area contributed by atoms with Gasteiger partial charge in [0.15, 0.2) is 0 Å². The second kappa shape index (κ2) is 5.96. The van der Waals surface area contributed by atoms with Gasteiger partial charge in [0.05, 0.1) is 6.10 Å². The van der Waals surface area contributed by atoms with E-state index in [2.05, 4.69) is 28.8 Å². The molecular weight excluding hydrogens is 204 g/mol. The second-order valence-electron chi connectivity index (χ2n) is 4.66. The predicted molar refractivity (Wildman–Crippen MR) is 63.3 cm³/mol. The van der Waals surface area contributed by atoms with Crippen molar-refractivity contribution in [2.24, 2.45) is 0 Å². The molecule has 0 aliphatic heterocycles. The minimum absolute atomic E-state index is 0.290. The lowest BCUT2D eigenvalue weighted by atomic mass is 10.1. The molecule has 1 aromatic rings. The van der Waals surface area contributed by atoms with E-state index < -0.39 is 0 Å². The fraction of sp³-hybridized carbons (Fsp3) is 0.818. The van der Waals surface area contributed by atoms with Gasteiger partial charge in [-0.05, 0) is 40.9 Å². The Hall–Kier alpha value is -0.940. The van der Waals surface area contributed by atoms with Gasteiger partial charge in [-0.3, -0.25) is 0 Å². The van der Waals surface area contributed by atoms with Crippen molar-refractivity contribution in [2.75, 3.05) is 20.6 Å². The highest BCUT2D eigenvalue weighted by Gasteiger charge is 2.12. The summed E-state index contributed by atoms with van der Waals surface area (Å²) < 4.78 is 1.86. The molecule has 1 aromatic heterocycles. The lowest BCUT2D eigenvalue weighted by Gasteiger charge is -2.15. The highest BCUT2D eigenvalue weighted by atomic mass is 16.3. The Labute approximate surface area is 97.1 Å². The summed E-state index contributed by atoms with van der Waals surface area (Å²) in [6.45, 7) is 5.01. The highest BCUT2D eigenvalue weighted by Crippen LogP contribution is 2.08. The number of nitrogens with zero attached hydrogens (tertiary/aromatic N) is 4. The molecular formula is C11H22N4O. The first-order chi connectivity index (χ1) is 7.50. The van der Waals surface area contributed by atoms with Crippen LogP contribution in [0.5, 0.6) is 0 Å². The van der Waals surface area contributed by atoms with Crippen LogP contribution in [0.25, 0.3) is 0 Å². The van der Waals surface area contributed by atoms with Crippen molar-refractivity contribution < 1.29 is 5.11 Å². The average Bonchev–Trinajstić information content (AvgIpc) is 2.62. The third kappa shape index (κ3) is 3.90. The van der Waals surface area contributed by atoms with Crippen LogP contribution in [-0.2, 0) is 6.42 Å². The van der Waals surface area contributed by atoms with Gasteiger partial charge in [-0.25, -0.2) is 9.67 Å². The number of rotatable bonds is 6. The van der Waals surface area contributed by atoms with Crippen LogP contribution in [0.2, 0.25) is 0 Å². The Balaban J connectivity index is 2.49. The van der Waals surface area contributed by atoms with E-state index in [1.165, 1.54) is 0 Å². The summed E-state index contributed by atoms with van der Waals surface area (Å²) in [6, 6.07) is 0.290. The zero-order valence-electron chi connectivity index (χ0n) is 10.6. The zero-order valence-corrected chi connectivity index (χ0v) is 10.6. The van der Waals surface area contributed by atoms with E-state index in [-0.39, 0.29) is 6.10 Å². The Bertz CT molecular complexity index is 309. The largest absolute Gasteiger partial charge is 0.393 e. The van der Waals surface area contributed by atoms with Gasteiger partial charge in [-0.2, -0.15) is 5.10 Å². The maximum Gasteiger partial charge on any atom is 0.138 e. The molecule has 1 rings (SSSR count). The summed E-state index contributed by atoms with van der Waals surface area (Å²) in [5.74, 6) is 0.862. The van der Waals surface area contributed by atoms with E-state index in [9.17, 15) is 5.11 Å². The van der Waals surface area contributed by atoms with E-state index in [0.29, 0.717) is 12.5 Å². The Morgan fingerprint density at radius 3 is 2.69 bits per heavy atom. The van der Waals surface area contributed by atoms with E-state index in [0.717, 1.165) is 18.8 Å². The molecule has 92 valence electrons. The molecule has 0 aliphatic rings. The molecule has 1 heterocycles. The van der Waals surface area contributed by atoms with Gasteiger partial charge in [0.25, 0.3) is 0 Å². The van der Waals surface area contributed by atoms with Crippen molar-refractivity contribution in [3.63, 3.8) is 0 Å². The van der Waals surface area contributed by atoms with Crippen LogP contribution in [0.15, 0.2) is 6.33 Å². The van der Waals surface area contributed by atoms with E-state index in [1.807, 2.05) is 18.8 Å². The van der Waals surface area contributed by atoms with Crippen molar-refractivity contribution in [1.29, 1.82) is 0 Å². The van der Waals surface area contributed by atoms with Gasteiger partial charge in [0.2, 0.25) is 0 Å². The first-order valence-electron chi connectivity index (χ1n) is 5.72. The smallest absolute Gasteiger partial charge is 0.138 e. The van der Waals surface area contributed by atoms with Gasteiger partial charge in [0, 0.05) is 12.5 Å². The minimum Gasteiger partial charge on any atom is -0.393 e. The van der Waals surface area contributed by atoms with E-state index in [4.69, 9.17) is 0 Å². The first kappa shape index (κ1) is 13.1. The number of hydrogen-bond acceptors (Lipinski definition) is 4. The Morgan fingerprint density at radius 1 is 1.44 bits per heavy atom. The summed E-state index contributed by atoms with van der Waals surface area (Å²) in [6.07, 6.45) is 2.54. The van der Waals surface area contributed by atoms with Gasteiger partial charge < -0.3 is 10.0 Å². The molecule has 5 heteroatoms. The molecule has 0 spiro atoms. The zero-order chi connectivity index (χ0) is 12.1. The van der Waals surface area contributed by atoms with Crippen LogP contribution < -0.4 is 0 Å². The molecule has 1 N–H and O–H groups in total. The van der Waals surface area contributed by atoms with Crippen molar-refractivity contribution in [3.05, 3.63) is 12.2 Å². The molecule has 0 saturated heterocycles. The van der Waals surface area contributed by atoms with Crippen LogP contribution >= 0.6 is 0 Å². The molecule has 1 unspecified atom stereocenters. The van der Waals surface area contributed by atoms with Crippen molar-refractivity contribution >= 4 is 0 Å². The molecule has 1 atom stereocenters. The Morgan fingerprint density at radius 2 is 2.12 bits per heavy atom. The maximum atomic E-state index is 9.87. The standard InChI is InChI=1S/C11H22N4O/c1-9(2)15-11(12-8-13-15)7-10(16)5-6-14(3)4/h8-10,16H,5-7H2,1-4H3. The van der Waals surface area contributed by atoms with Gasteiger partial charge in [0.1, 0.15) is 12.2 Å². The van der Waals surface area contributed by atoms with Gasteiger partial charge in [-0.1, -0.05) is 0 Å². The number of hydrogen-bond donors (Lipinski definition) is 1. The topological polar surface area (TPSA) is 54.2 Å². The summed E-state index contributed by atoms with van der Waals surface area (Å²) >= 11 is 0. The quantitative estimate of drug-likeness (QED) is 0.776. The molecule has 5 nitrogen and oxygen atoms in total.